The first-order valence-electron chi connectivity index (χ1n) is 4.55. The molecule has 0 aromatic carbocycles. The second-order valence-electron chi connectivity index (χ2n) is 3.25. The normalized spacial score (nSPS) is 11.1. The smallest absolute Gasteiger partial charge is 0.137 e. The number of aryl methyl sites for hydroxylation is 1. The number of pyridine rings is 1. The van der Waals surface area contributed by atoms with Crippen LogP contribution in [0.15, 0.2) is 18.3 Å². The lowest BCUT2D eigenvalue weighted by Crippen LogP contribution is -2.06. The first kappa shape index (κ1) is 9.92. The molecule has 0 saturated carbocycles. The first-order chi connectivity index (χ1) is 6.74. The average molecular weight is 301 g/mol. The Morgan fingerprint density at radius 3 is 3.00 bits per heavy atom. The van der Waals surface area contributed by atoms with Gasteiger partial charge in [-0.15, -0.1) is 0 Å². The summed E-state index contributed by atoms with van der Waals surface area (Å²) in [6.07, 6.45) is 2.79. The molecule has 0 aliphatic heterocycles. The van der Waals surface area contributed by atoms with Crippen molar-refractivity contribution in [3.8, 4) is 0 Å². The summed E-state index contributed by atoms with van der Waals surface area (Å²) in [5.74, 6) is 0. The fourth-order valence-electron chi connectivity index (χ4n) is 1.61. The minimum Gasteiger partial charge on any atom is -0.330 e. The minimum atomic E-state index is 0.665. The third kappa shape index (κ3) is 1.52. The van der Waals surface area contributed by atoms with E-state index in [1.54, 1.807) is 0 Å². The van der Waals surface area contributed by atoms with E-state index in [1.165, 1.54) is 15.0 Å². The Labute approximate surface area is 96.5 Å². The van der Waals surface area contributed by atoms with E-state index in [2.05, 4.69) is 45.0 Å². The molecule has 74 valence electrons. The van der Waals surface area contributed by atoms with E-state index in [0.29, 0.717) is 6.54 Å². The average Bonchev–Trinajstić information content (AvgIpc) is 2.57. The predicted octanol–water partition coefficient (Wildman–Crippen LogP) is 1.75. The van der Waals surface area contributed by atoms with Crippen LogP contribution in [0.5, 0.6) is 0 Å². The van der Waals surface area contributed by atoms with E-state index in [-0.39, 0.29) is 0 Å². The molecular weight excluding hydrogens is 289 g/mol. The van der Waals surface area contributed by atoms with Crippen molar-refractivity contribution in [2.24, 2.45) is 5.73 Å². The first-order valence-corrected chi connectivity index (χ1v) is 5.63. The molecule has 2 N–H and O–H groups in total. The summed E-state index contributed by atoms with van der Waals surface area (Å²) >= 11 is 2.34. The van der Waals surface area contributed by atoms with E-state index >= 15 is 0 Å². The van der Waals surface area contributed by atoms with Gasteiger partial charge in [-0.2, -0.15) is 0 Å². The third-order valence-corrected chi connectivity index (χ3v) is 3.46. The second kappa shape index (κ2) is 3.86. The summed E-state index contributed by atoms with van der Waals surface area (Å²) < 4.78 is 3.43. The highest BCUT2D eigenvalue weighted by molar-refractivity contribution is 14.1. The van der Waals surface area contributed by atoms with E-state index in [9.17, 15) is 0 Å². The third-order valence-electron chi connectivity index (χ3n) is 2.32. The van der Waals surface area contributed by atoms with Gasteiger partial charge >= 0.3 is 0 Å². The largest absolute Gasteiger partial charge is 0.330 e. The van der Waals surface area contributed by atoms with Crippen LogP contribution in [0.1, 0.15) is 11.4 Å². The van der Waals surface area contributed by atoms with Crippen molar-refractivity contribution >= 4 is 28.2 Å². The van der Waals surface area contributed by atoms with Crippen LogP contribution in [-0.2, 0) is 6.42 Å². The summed E-state index contributed by atoms with van der Waals surface area (Å²) in [5.41, 5.74) is 8.99. The molecule has 0 aliphatic carbocycles. The zero-order valence-corrected chi connectivity index (χ0v) is 10.2. The van der Waals surface area contributed by atoms with Crippen LogP contribution in [0.3, 0.4) is 0 Å². The molecule has 0 spiro atoms. The van der Waals surface area contributed by atoms with Gasteiger partial charge in [0.25, 0.3) is 0 Å². The Morgan fingerprint density at radius 2 is 2.29 bits per heavy atom. The molecule has 0 aliphatic rings. The molecule has 0 bridgehead atoms. The number of hydrogen-bond donors (Lipinski definition) is 1. The summed E-state index contributed by atoms with van der Waals surface area (Å²) in [4.78, 5) is 4.34. The molecule has 0 radical (unpaired) electrons. The van der Waals surface area contributed by atoms with Gasteiger partial charge in [0.1, 0.15) is 5.65 Å². The van der Waals surface area contributed by atoms with Gasteiger partial charge in [0.15, 0.2) is 0 Å². The van der Waals surface area contributed by atoms with Crippen molar-refractivity contribution in [1.82, 2.24) is 9.38 Å². The number of halogens is 1. The lowest BCUT2D eigenvalue weighted by Gasteiger charge is -2.05. The van der Waals surface area contributed by atoms with Gasteiger partial charge in [0.2, 0.25) is 0 Å². The quantitative estimate of drug-likeness (QED) is 0.859. The van der Waals surface area contributed by atoms with Gasteiger partial charge in [-0.25, -0.2) is 4.98 Å². The molecule has 0 amide bonds. The summed E-state index contributed by atoms with van der Waals surface area (Å²) in [5, 5.41) is 0. The van der Waals surface area contributed by atoms with E-state index in [1.807, 2.05) is 12.3 Å². The van der Waals surface area contributed by atoms with Gasteiger partial charge in [-0.1, -0.05) is 0 Å². The highest BCUT2D eigenvalue weighted by Crippen LogP contribution is 2.16. The van der Waals surface area contributed by atoms with Crippen molar-refractivity contribution < 1.29 is 0 Å². The van der Waals surface area contributed by atoms with Crippen LogP contribution >= 0.6 is 22.6 Å². The molecule has 0 saturated heterocycles. The Hall–Kier alpha value is -0.620. The van der Waals surface area contributed by atoms with Crippen LogP contribution in [0, 0.1) is 10.5 Å². The van der Waals surface area contributed by atoms with E-state index in [4.69, 9.17) is 5.73 Å². The lowest BCUT2D eigenvalue weighted by atomic mass is 10.3. The second-order valence-corrected chi connectivity index (χ2v) is 4.41. The SMILES string of the molecule is Cc1c(I)ccc2ncc(CCN)n12. The number of nitrogens with two attached hydrogens (primary N) is 1. The van der Waals surface area contributed by atoms with Crippen LogP contribution in [0.2, 0.25) is 0 Å². The maximum absolute atomic E-state index is 5.56. The standard InChI is InChI=1S/C10H12IN3/c1-7-9(11)2-3-10-13-6-8(4-5-12)14(7)10/h2-3,6H,4-5,12H2,1H3. The van der Waals surface area contributed by atoms with Crippen LogP contribution in [0.25, 0.3) is 5.65 Å². The van der Waals surface area contributed by atoms with Crippen molar-refractivity contribution in [3.05, 3.63) is 33.3 Å². The topological polar surface area (TPSA) is 43.3 Å². The van der Waals surface area contributed by atoms with E-state index in [0.717, 1.165) is 12.1 Å². The highest BCUT2D eigenvalue weighted by Gasteiger charge is 2.06. The van der Waals surface area contributed by atoms with Crippen molar-refractivity contribution in [2.75, 3.05) is 6.54 Å². The van der Waals surface area contributed by atoms with Crippen molar-refractivity contribution in [1.29, 1.82) is 0 Å². The fraction of sp³-hybridized carbons (Fsp3) is 0.300. The molecule has 14 heavy (non-hydrogen) atoms. The Balaban J connectivity index is 2.69. The number of aromatic nitrogens is 2. The molecule has 2 rings (SSSR count). The van der Waals surface area contributed by atoms with Crippen LogP contribution in [-0.4, -0.2) is 15.9 Å². The Morgan fingerprint density at radius 1 is 1.50 bits per heavy atom. The van der Waals surface area contributed by atoms with Crippen molar-refractivity contribution in [3.63, 3.8) is 0 Å². The highest BCUT2D eigenvalue weighted by atomic mass is 127. The van der Waals surface area contributed by atoms with Crippen LogP contribution < -0.4 is 5.73 Å². The van der Waals surface area contributed by atoms with Gasteiger partial charge in [-0.05, 0) is 48.2 Å². The maximum atomic E-state index is 5.56. The molecule has 2 aromatic heterocycles. The molecule has 2 aromatic rings. The van der Waals surface area contributed by atoms with Crippen molar-refractivity contribution in [2.45, 2.75) is 13.3 Å². The van der Waals surface area contributed by atoms with Gasteiger partial charge in [-0.3, -0.25) is 0 Å². The number of hydrogen-bond acceptors (Lipinski definition) is 2. The molecule has 4 heteroatoms. The summed E-state index contributed by atoms with van der Waals surface area (Å²) in [6.45, 7) is 2.77. The van der Waals surface area contributed by atoms with Crippen LogP contribution in [0.4, 0.5) is 0 Å². The Kier molecular flexibility index (Phi) is 2.73. The molecular formula is C10H12IN3. The zero-order valence-electron chi connectivity index (χ0n) is 8.00. The van der Waals surface area contributed by atoms with Gasteiger partial charge < -0.3 is 10.1 Å². The minimum absolute atomic E-state index is 0.665. The van der Waals surface area contributed by atoms with E-state index < -0.39 is 0 Å². The summed E-state index contributed by atoms with van der Waals surface area (Å²) in [6, 6.07) is 4.12. The summed E-state index contributed by atoms with van der Waals surface area (Å²) in [7, 11) is 0. The fourth-order valence-corrected chi connectivity index (χ4v) is 2.03. The number of imidazole rings is 1. The predicted molar refractivity (Wildman–Crippen MR) is 65.4 cm³/mol. The lowest BCUT2D eigenvalue weighted by molar-refractivity contribution is 0.887. The van der Waals surface area contributed by atoms with Gasteiger partial charge in [0, 0.05) is 27.6 Å². The molecule has 0 atom stereocenters. The molecule has 0 unspecified atom stereocenters. The molecule has 0 fully saturated rings. The monoisotopic (exact) mass is 301 g/mol. The zero-order chi connectivity index (χ0) is 10.1. The molecule has 3 nitrogen and oxygen atoms in total. The van der Waals surface area contributed by atoms with Gasteiger partial charge in [0.05, 0.1) is 0 Å². The number of fused-ring (bicyclic) bond motifs is 1. The Bertz CT molecular complexity index is 462. The number of rotatable bonds is 2. The number of nitrogens with zero attached hydrogens (tertiary/aromatic N) is 2. The molecule has 2 heterocycles. The maximum Gasteiger partial charge on any atom is 0.137 e.